The third-order valence-corrected chi connectivity index (χ3v) is 9.11. The van der Waals surface area contributed by atoms with E-state index in [1.54, 1.807) is 0 Å². The molecule has 0 radical (unpaired) electrons. The van der Waals surface area contributed by atoms with Gasteiger partial charge in [-0.2, -0.15) is 0 Å². The lowest BCUT2D eigenvalue weighted by atomic mass is 9.76. The first kappa shape index (κ1) is 25.3. The third kappa shape index (κ3) is 3.96. The summed E-state index contributed by atoms with van der Waals surface area (Å²) in [5.41, 5.74) is 14.8. The lowest BCUT2D eigenvalue weighted by molar-refractivity contribution is 1.54. The van der Waals surface area contributed by atoms with Crippen LogP contribution in [0.3, 0.4) is 0 Å². The summed E-state index contributed by atoms with van der Waals surface area (Å²) >= 11 is 10.1. The Kier molecular flexibility index (Phi) is 6.10. The van der Waals surface area contributed by atoms with Gasteiger partial charge in [-0.3, -0.25) is 0 Å². The summed E-state index contributed by atoms with van der Waals surface area (Å²) in [7, 11) is 0. The summed E-state index contributed by atoms with van der Waals surface area (Å²) < 4.78 is 1.06. The summed E-state index contributed by atoms with van der Waals surface area (Å²) in [6.07, 6.45) is 0. The van der Waals surface area contributed by atoms with Crippen molar-refractivity contribution in [3.8, 4) is 66.8 Å². The van der Waals surface area contributed by atoms with Crippen LogP contribution in [0.2, 0.25) is 5.02 Å². The lowest BCUT2D eigenvalue weighted by Gasteiger charge is -2.26. The molecule has 0 N–H and O–H groups in total. The quantitative estimate of drug-likeness (QED) is 0.184. The Bertz CT molecular complexity index is 1960. The van der Waals surface area contributed by atoms with Gasteiger partial charge in [0.2, 0.25) is 0 Å². The van der Waals surface area contributed by atoms with E-state index in [0.717, 1.165) is 15.1 Å². The van der Waals surface area contributed by atoms with E-state index in [1.165, 1.54) is 72.0 Å². The van der Waals surface area contributed by atoms with Gasteiger partial charge in [-0.15, -0.1) is 0 Å². The van der Waals surface area contributed by atoms with E-state index in [2.05, 4.69) is 149 Å². The predicted molar refractivity (Wildman–Crippen MR) is 183 cm³/mol. The average Bonchev–Trinajstić information content (AvgIpc) is 3.37. The molecule has 2 heteroatoms. The summed E-state index contributed by atoms with van der Waals surface area (Å²) in [5.74, 6) is 0. The SMILES string of the molecule is Clc1ccc(-c2c(-c3ccc(Br)cc3)c(-c3ccccc3)c3c(c2-c2ccccc2)-c2cccc4cccc-3c24)cc1. The van der Waals surface area contributed by atoms with E-state index in [4.69, 9.17) is 11.6 Å². The molecule has 0 bridgehead atoms. The van der Waals surface area contributed by atoms with Crippen LogP contribution in [-0.4, -0.2) is 0 Å². The van der Waals surface area contributed by atoms with Crippen molar-refractivity contribution >= 4 is 38.3 Å². The van der Waals surface area contributed by atoms with Gasteiger partial charge in [0.1, 0.15) is 0 Å². The maximum absolute atomic E-state index is 6.46. The van der Waals surface area contributed by atoms with Crippen LogP contribution in [0.4, 0.5) is 0 Å². The molecule has 1 aliphatic rings. The molecule has 0 fully saturated rings. The number of benzene rings is 7. The Hall–Kier alpha value is -4.43. The van der Waals surface area contributed by atoms with E-state index in [9.17, 15) is 0 Å². The highest BCUT2D eigenvalue weighted by molar-refractivity contribution is 9.10. The summed E-state index contributed by atoms with van der Waals surface area (Å²) in [4.78, 5) is 0. The lowest BCUT2D eigenvalue weighted by Crippen LogP contribution is -1.99. The Morgan fingerprint density at radius 3 is 1.24 bits per heavy atom. The van der Waals surface area contributed by atoms with Gasteiger partial charge in [0.05, 0.1) is 0 Å². The molecular formula is C40H24BrCl. The van der Waals surface area contributed by atoms with E-state index < -0.39 is 0 Å². The molecule has 0 atom stereocenters. The van der Waals surface area contributed by atoms with Gasteiger partial charge in [0.15, 0.2) is 0 Å². The normalized spacial score (nSPS) is 11.6. The van der Waals surface area contributed by atoms with Crippen molar-refractivity contribution in [1.29, 1.82) is 0 Å². The van der Waals surface area contributed by atoms with Crippen molar-refractivity contribution in [3.05, 3.63) is 155 Å². The zero-order valence-corrected chi connectivity index (χ0v) is 25.0. The first-order chi connectivity index (χ1) is 20.7. The van der Waals surface area contributed by atoms with Crippen LogP contribution in [0.1, 0.15) is 0 Å². The molecule has 0 aliphatic heterocycles. The fourth-order valence-electron chi connectivity index (χ4n) is 6.64. The number of halogens is 2. The van der Waals surface area contributed by atoms with Gasteiger partial charge in [0.25, 0.3) is 0 Å². The molecule has 198 valence electrons. The zero-order chi connectivity index (χ0) is 28.2. The molecule has 0 spiro atoms. The van der Waals surface area contributed by atoms with E-state index >= 15 is 0 Å². The summed E-state index contributed by atoms with van der Waals surface area (Å²) in [6, 6.07) is 52.2. The van der Waals surface area contributed by atoms with Gasteiger partial charge in [0, 0.05) is 9.50 Å². The average molecular weight is 620 g/mol. The minimum atomic E-state index is 0.729. The van der Waals surface area contributed by atoms with Gasteiger partial charge >= 0.3 is 0 Å². The second-order valence-corrected chi connectivity index (χ2v) is 12.1. The Labute approximate surface area is 259 Å². The molecule has 0 heterocycles. The van der Waals surface area contributed by atoms with E-state index in [0.29, 0.717) is 0 Å². The molecule has 7 aromatic carbocycles. The molecule has 0 saturated heterocycles. The van der Waals surface area contributed by atoms with Gasteiger partial charge in [-0.25, -0.2) is 0 Å². The Morgan fingerprint density at radius 1 is 0.357 bits per heavy atom. The van der Waals surface area contributed by atoms with E-state index in [-0.39, 0.29) is 0 Å². The van der Waals surface area contributed by atoms with Crippen LogP contribution < -0.4 is 0 Å². The molecular weight excluding hydrogens is 596 g/mol. The van der Waals surface area contributed by atoms with Gasteiger partial charge < -0.3 is 0 Å². The fourth-order valence-corrected chi connectivity index (χ4v) is 7.03. The Balaban J connectivity index is 1.67. The first-order valence-corrected chi connectivity index (χ1v) is 15.3. The monoisotopic (exact) mass is 618 g/mol. The largest absolute Gasteiger partial charge is 0.0843 e. The topological polar surface area (TPSA) is 0 Å². The highest BCUT2D eigenvalue weighted by atomic mass is 79.9. The van der Waals surface area contributed by atoms with Crippen molar-refractivity contribution in [1.82, 2.24) is 0 Å². The van der Waals surface area contributed by atoms with Gasteiger partial charge in [-0.1, -0.05) is 149 Å². The van der Waals surface area contributed by atoms with Crippen molar-refractivity contribution in [2.75, 3.05) is 0 Å². The predicted octanol–water partition coefficient (Wildman–Crippen LogP) is 12.6. The van der Waals surface area contributed by atoms with Crippen LogP contribution in [0.5, 0.6) is 0 Å². The molecule has 1 aliphatic carbocycles. The second kappa shape index (κ2) is 10.1. The number of rotatable bonds is 4. The van der Waals surface area contributed by atoms with Crippen LogP contribution in [0, 0.1) is 0 Å². The first-order valence-electron chi connectivity index (χ1n) is 14.1. The van der Waals surface area contributed by atoms with Gasteiger partial charge in [-0.05, 0) is 102 Å². The molecule has 42 heavy (non-hydrogen) atoms. The minimum absolute atomic E-state index is 0.729. The maximum atomic E-state index is 6.46. The van der Waals surface area contributed by atoms with Crippen molar-refractivity contribution in [2.24, 2.45) is 0 Å². The highest BCUT2D eigenvalue weighted by Crippen LogP contribution is 2.60. The van der Waals surface area contributed by atoms with E-state index in [1.807, 2.05) is 12.1 Å². The summed E-state index contributed by atoms with van der Waals surface area (Å²) in [5, 5.41) is 3.31. The van der Waals surface area contributed by atoms with Crippen LogP contribution in [-0.2, 0) is 0 Å². The molecule has 7 aromatic rings. The zero-order valence-electron chi connectivity index (χ0n) is 22.6. The number of hydrogen-bond acceptors (Lipinski definition) is 0. The summed E-state index contributed by atoms with van der Waals surface area (Å²) in [6.45, 7) is 0. The smallest absolute Gasteiger partial charge is 0.0406 e. The minimum Gasteiger partial charge on any atom is -0.0843 e. The molecule has 0 nitrogen and oxygen atoms in total. The Morgan fingerprint density at radius 2 is 0.762 bits per heavy atom. The number of hydrogen-bond donors (Lipinski definition) is 0. The van der Waals surface area contributed by atoms with Crippen molar-refractivity contribution in [3.63, 3.8) is 0 Å². The molecule has 0 aromatic heterocycles. The van der Waals surface area contributed by atoms with Crippen LogP contribution >= 0.6 is 27.5 Å². The molecule has 0 unspecified atom stereocenters. The van der Waals surface area contributed by atoms with Crippen LogP contribution in [0.15, 0.2) is 150 Å². The van der Waals surface area contributed by atoms with Crippen molar-refractivity contribution < 1.29 is 0 Å². The third-order valence-electron chi connectivity index (χ3n) is 8.33. The van der Waals surface area contributed by atoms with Crippen molar-refractivity contribution in [2.45, 2.75) is 0 Å². The highest BCUT2D eigenvalue weighted by Gasteiger charge is 2.33. The fraction of sp³-hybridized carbons (Fsp3) is 0. The standard InChI is InChI=1S/C40H24BrCl/c41-30-21-17-28(18-22-30)35-36(29-19-23-31(42)24-20-29)38(27-11-5-2-6-12-27)40-33-16-8-14-25-13-7-15-32(34(25)33)39(40)37(35)26-9-3-1-4-10-26/h1-24H. The molecule has 0 amide bonds. The maximum Gasteiger partial charge on any atom is 0.0406 e. The number of fused-ring (bicyclic) bond motifs is 3. The second-order valence-electron chi connectivity index (χ2n) is 10.7. The van der Waals surface area contributed by atoms with Crippen LogP contribution in [0.25, 0.3) is 77.5 Å². The molecule has 0 saturated carbocycles. The molecule has 8 rings (SSSR count).